The Morgan fingerprint density at radius 1 is 1.00 bits per heavy atom. The van der Waals surface area contributed by atoms with Crippen LogP contribution < -0.4 is 5.32 Å². The first-order chi connectivity index (χ1) is 9.75. The van der Waals surface area contributed by atoms with Gasteiger partial charge in [0.05, 0.1) is 6.54 Å². The highest BCUT2D eigenvalue weighted by molar-refractivity contribution is 6.04. The molecule has 1 aromatic carbocycles. The van der Waals surface area contributed by atoms with Gasteiger partial charge in [0.25, 0.3) is 5.91 Å². The van der Waals surface area contributed by atoms with Gasteiger partial charge in [0, 0.05) is 11.1 Å². The lowest BCUT2D eigenvalue weighted by Crippen LogP contribution is -2.30. The molecule has 0 aliphatic heterocycles. The molecule has 0 radical (unpaired) electrons. The summed E-state index contributed by atoms with van der Waals surface area (Å²) in [5.41, 5.74) is 3.19. The molecule has 1 N–H and O–H groups in total. The topological polar surface area (TPSA) is 46.2 Å². The minimum absolute atomic E-state index is 0.0101. The van der Waals surface area contributed by atoms with Gasteiger partial charge in [-0.15, -0.1) is 0 Å². The summed E-state index contributed by atoms with van der Waals surface area (Å²) in [6.07, 6.45) is 9.47. The molecule has 3 rings (SSSR count). The number of rotatable bonds is 4. The van der Waals surface area contributed by atoms with Crippen LogP contribution in [0.3, 0.4) is 0 Å². The lowest BCUT2D eigenvalue weighted by atomic mass is 10.1. The number of Topliss-reactive ketones (excluding diaryl/α,β-unsaturated/α-hetero) is 1. The van der Waals surface area contributed by atoms with Crippen LogP contribution in [0, 0.1) is 0 Å². The first kappa shape index (κ1) is 12.4. The van der Waals surface area contributed by atoms with Gasteiger partial charge in [-0.3, -0.25) is 9.59 Å². The summed E-state index contributed by atoms with van der Waals surface area (Å²) in [6.45, 7) is 0.0101. The number of amides is 1. The lowest BCUT2D eigenvalue weighted by Gasteiger charge is -2.05. The van der Waals surface area contributed by atoms with Crippen molar-refractivity contribution in [3.8, 4) is 0 Å². The van der Waals surface area contributed by atoms with E-state index in [0.29, 0.717) is 11.1 Å². The Bertz CT molecular complexity index is 691. The number of fused-ring (bicyclic) bond motifs is 1. The maximum absolute atomic E-state index is 12.1. The summed E-state index contributed by atoms with van der Waals surface area (Å²) in [4.78, 5) is 24.0. The summed E-state index contributed by atoms with van der Waals surface area (Å²) in [5, 5.41) is 2.68. The van der Waals surface area contributed by atoms with Crippen molar-refractivity contribution in [3.63, 3.8) is 0 Å². The van der Waals surface area contributed by atoms with Crippen molar-refractivity contribution < 1.29 is 9.59 Å². The van der Waals surface area contributed by atoms with Crippen molar-refractivity contribution in [1.82, 2.24) is 5.32 Å². The zero-order valence-corrected chi connectivity index (χ0v) is 10.8. The molecule has 20 heavy (non-hydrogen) atoms. The molecule has 0 bridgehead atoms. The molecule has 2 aliphatic rings. The SMILES string of the molecule is O=C(NCC(=O)c1ccccc1)C1=C2C=CC=C2C=C1. The highest BCUT2D eigenvalue weighted by Gasteiger charge is 2.20. The van der Waals surface area contributed by atoms with Crippen molar-refractivity contribution >= 4 is 11.7 Å². The van der Waals surface area contributed by atoms with E-state index in [0.717, 1.165) is 11.1 Å². The molecule has 0 fully saturated rings. The molecule has 0 atom stereocenters. The van der Waals surface area contributed by atoms with E-state index < -0.39 is 0 Å². The second-order valence-electron chi connectivity index (χ2n) is 4.61. The maximum Gasteiger partial charge on any atom is 0.252 e. The van der Waals surface area contributed by atoms with Crippen LogP contribution in [0.1, 0.15) is 10.4 Å². The fourth-order valence-electron chi connectivity index (χ4n) is 2.27. The molecule has 0 aromatic heterocycles. The Hall–Kier alpha value is -2.68. The Balaban J connectivity index is 1.65. The highest BCUT2D eigenvalue weighted by Crippen LogP contribution is 2.29. The molecule has 3 heteroatoms. The third-order valence-corrected chi connectivity index (χ3v) is 3.32. The average molecular weight is 263 g/mol. The van der Waals surface area contributed by atoms with Gasteiger partial charge in [0.15, 0.2) is 5.78 Å². The van der Waals surface area contributed by atoms with Crippen LogP contribution in [0.15, 0.2) is 77.4 Å². The van der Waals surface area contributed by atoms with Crippen LogP contribution in [0.5, 0.6) is 0 Å². The second-order valence-corrected chi connectivity index (χ2v) is 4.61. The highest BCUT2D eigenvalue weighted by atomic mass is 16.2. The molecule has 0 saturated carbocycles. The molecule has 98 valence electrons. The smallest absolute Gasteiger partial charge is 0.252 e. The molecular weight excluding hydrogens is 250 g/mol. The molecule has 1 amide bonds. The van der Waals surface area contributed by atoms with Crippen LogP contribution >= 0.6 is 0 Å². The van der Waals surface area contributed by atoms with Gasteiger partial charge < -0.3 is 5.32 Å². The Morgan fingerprint density at radius 2 is 1.80 bits per heavy atom. The number of benzene rings is 1. The minimum atomic E-state index is -0.213. The number of carbonyl (C=O) groups is 2. The summed E-state index contributed by atoms with van der Waals surface area (Å²) < 4.78 is 0. The van der Waals surface area contributed by atoms with Gasteiger partial charge in [-0.2, -0.15) is 0 Å². The van der Waals surface area contributed by atoms with Crippen LogP contribution in [-0.4, -0.2) is 18.2 Å². The molecular formula is C17H13NO2. The molecule has 0 spiro atoms. The van der Waals surface area contributed by atoms with Gasteiger partial charge in [0.1, 0.15) is 0 Å². The summed E-state index contributed by atoms with van der Waals surface area (Å²) >= 11 is 0. The van der Waals surface area contributed by atoms with Crippen molar-refractivity contribution in [2.24, 2.45) is 0 Å². The first-order valence-corrected chi connectivity index (χ1v) is 6.43. The molecule has 0 saturated heterocycles. The van der Waals surface area contributed by atoms with Gasteiger partial charge in [-0.25, -0.2) is 0 Å². The summed E-state index contributed by atoms with van der Waals surface area (Å²) in [7, 11) is 0. The zero-order valence-electron chi connectivity index (χ0n) is 10.8. The third-order valence-electron chi connectivity index (χ3n) is 3.32. The zero-order chi connectivity index (χ0) is 13.9. The van der Waals surface area contributed by atoms with E-state index >= 15 is 0 Å². The molecule has 0 heterocycles. The van der Waals surface area contributed by atoms with Crippen LogP contribution in [-0.2, 0) is 4.79 Å². The van der Waals surface area contributed by atoms with E-state index in [2.05, 4.69) is 5.32 Å². The van der Waals surface area contributed by atoms with E-state index in [4.69, 9.17) is 0 Å². The number of carbonyl (C=O) groups excluding carboxylic acids is 2. The predicted octanol–water partition coefficient (Wildman–Crippen LogP) is 2.35. The van der Waals surface area contributed by atoms with Crippen molar-refractivity contribution in [2.45, 2.75) is 0 Å². The summed E-state index contributed by atoms with van der Waals surface area (Å²) in [6, 6.07) is 8.95. The van der Waals surface area contributed by atoms with Crippen molar-refractivity contribution in [3.05, 3.63) is 83.0 Å². The van der Waals surface area contributed by atoms with Crippen molar-refractivity contribution in [2.75, 3.05) is 6.54 Å². The Morgan fingerprint density at radius 3 is 2.60 bits per heavy atom. The average Bonchev–Trinajstić information content (AvgIpc) is 3.08. The third kappa shape index (κ3) is 2.26. The predicted molar refractivity (Wildman–Crippen MR) is 77.2 cm³/mol. The van der Waals surface area contributed by atoms with Gasteiger partial charge in [0.2, 0.25) is 0 Å². The second kappa shape index (κ2) is 5.13. The van der Waals surface area contributed by atoms with Crippen LogP contribution in [0.4, 0.5) is 0 Å². The normalized spacial score (nSPS) is 15.3. The standard InChI is InChI=1S/C17H13NO2/c19-16(13-5-2-1-3-6-13)11-18-17(20)15-10-9-12-7-4-8-14(12)15/h1-10H,11H2,(H,18,20). The van der Waals surface area contributed by atoms with E-state index in [-0.39, 0.29) is 18.2 Å². The van der Waals surface area contributed by atoms with Gasteiger partial charge in [-0.05, 0) is 17.2 Å². The van der Waals surface area contributed by atoms with E-state index in [1.165, 1.54) is 0 Å². The molecule has 3 nitrogen and oxygen atoms in total. The Kier molecular flexibility index (Phi) is 3.17. The monoisotopic (exact) mass is 263 g/mol. The Labute approximate surface area is 117 Å². The largest absolute Gasteiger partial charge is 0.345 e. The number of hydrogen-bond acceptors (Lipinski definition) is 2. The fraction of sp³-hybridized carbons (Fsp3) is 0.0588. The van der Waals surface area contributed by atoms with E-state index in [1.807, 2.05) is 30.4 Å². The van der Waals surface area contributed by atoms with Crippen LogP contribution in [0.25, 0.3) is 0 Å². The van der Waals surface area contributed by atoms with Crippen molar-refractivity contribution in [1.29, 1.82) is 0 Å². The van der Waals surface area contributed by atoms with Gasteiger partial charge in [-0.1, -0.05) is 54.6 Å². The van der Waals surface area contributed by atoms with E-state index in [9.17, 15) is 9.59 Å². The fourth-order valence-corrected chi connectivity index (χ4v) is 2.27. The maximum atomic E-state index is 12.1. The quantitative estimate of drug-likeness (QED) is 0.848. The number of ketones is 1. The molecule has 2 aliphatic carbocycles. The number of hydrogen-bond donors (Lipinski definition) is 1. The minimum Gasteiger partial charge on any atom is -0.345 e. The molecule has 1 aromatic rings. The van der Waals surface area contributed by atoms with Gasteiger partial charge >= 0.3 is 0 Å². The lowest BCUT2D eigenvalue weighted by molar-refractivity contribution is -0.117. The first-order valence-electron chi connectivity index (χ1n) is 6.43. The molecule has 0 unspecified atom stereocenters. The number of nitrogens with one attached hydrogen (secondary N) is 1. The number of allylic oxidation sites excluding steroid dienone is 6. The van der Waals surface area contributed by atoms with Crippen LogP contribution in [0.2, 0.25) is 0 Å². The van der Waals surface area contributed by atoms with E-state index in [1.54, 1.807) is 30.3 Å². The summed E-state index contributed by atoms with van der Waals surface area (Å²) in [5.74, 6) is -0.306.